The van der Waals surface area contributed by atoms with Crippen LogP contribution < -0.4 is 15.4 Å². The number of carbonyl (C=O) groups is 2. The molecular formula is C22H28Cl2N2O3. The van der Waals surface area contributed by atoms with Crippen LogP contribution in [0.4, 0.5) is 0 Å². The lowest BCUT2D eigenvalue weighted by molar-refractivity contribution is -0.129. The van der Waals surface area contributed by atoms with Crippen molar-refractivity contribution in [3.05, 3.63) is 28.2 Å². The molecule has 0 saturated heterocycles. The summed E-state index contributed by atoms with van der Waals surface area (Å²) in [4.78, 5) is 24.4. The Bertz CT molecular complexity index is 748. The minimum atomic E-state index is -0.258. The zero-order valence-corrected chi connectivity index (χ0v) is 18.0. The van der Waals surface area contributed by atoms with Gasteiger partial charge in [0, 0.05) is 24.5 Å². The molecule has 4 aliphatic carbocycles. The molecule has 0 spiro atoms. The summed E-state index contributed by atoms with van der Waals surface area (Å²) in [5, 5.41) is 6.60. The van der Waals surface area contributed by atoms with Gasteiger partial charge in [0.1, 0.15) is 5.75 Å². The topological polar surface area (TPSA) is 67.4 Å². The fourth-order valence-corrected chi connectivity index (χ4v) is 6.56. The van der Waals surface area contributed by atoms with Crippen molar-refractivity contribution in [3.8, 4) is 5.75 Å². The number of hydrogen-bond acceptors (Lipinski definition) is 3. The van der Waals surface area contributed by atoms with E-state index in [1.54, 1.807) is 18.2 Å². The molecule has 0 atom stereocenters. The number of hydrogen-bond donors (Lipinski definition) is 2. The van der Waals surface area contributed by atoms with Crippen molar-refractivity contribution < 1.29 is 14.3 Å². The van der Waals surface area contributed by atoms with Crippen LogP contribution in [0.3, 0.4) is 0 Å². The molecule has 4 bridgehead atoms. The van der Waals surface area contributed by atoms with Gasteiger partial charge in [0.25, 0.3) is 5.91 Å². The molecule has 5 nitrogen and oxygen atoms in total. The Balaban J connectivity index is 1.13. The molecule has 2 amide bonds. The summed E-state index contributed by atoms with van der Waals surface area (Å²) in [6.45, 7) is 0.671. The zero-order valence-electron chi connectivity index (χ0n) is 16.5. The first kappa shape index (κ1) is 20.8. The Morgan fingerprint density at radius 1 is 0.966 bits per heavy atom. The van der Waals surface area contributed by atoms with Crippen molar-refractivity contribution in [1.82, 2.24) is 10.6 Å². The van der Waals surface area contributed by atoms with Crippen molar-refractivity contribution in [2.45, 2.75) is 44.9 Å². The summed E-state index contributed by atoms with van der Waals surface area (Å²) < 4.78 is 5.40. The molecule has 0 aliphatic heterocycles. The molecule has 4 aliphatic rings. The van der Waals surface area contributed by atoms with Crippen LogP contribution in [0.1, 0.15) is 44.9 Å². The number of carbonyl (C=O) groups excluding carboxylic acids is 2. The SMILES string of the molecule is O=C(COc1ccc(Cl)cc1Cl)NCCNC(=O)CC12CC3CC(CC(C3)C1)C2. The molecule has 1 aromatic carbocycles. The normalized spacial score (nSPS) is 29.5. The third-order valence-electron chi connectivity index (χ3n) is 6.72. The largest absolute Gasteiger partial charge is 0.482 e. The van der Waals surface area contributed by atoms with Gasteiger partial charge >= 0.3 is 0 Å². The third-order valence-corrected chi connectivity index (χ3v) is 7.25. The smallest absolute Gasteiger partial charge is 0.258 e. The summed E-state index contributed by atoms with van der Waals surface area (Å²) in [5.41, 5.74) is 0.244. The van der Waals surface area contributed by atoms with E-state index < -0.39 is 0 Å². The van der Waals surface area contributed by atoms with E-state index in [-0.39, 0.29) is 23.8 Å². The van der Waals surface area contributed by atoms with E-state index in [4.69, 9.17) is 27.9 Å². The molecule has 29 heavy (non-hydrogen) atoms. The van der Waals surface area contributed by atoms with E-state index in [1.165, 1.54) is 38.5 Å². The van der Waals surface area contributed by atoms with Crippen LogP contribution in [-0.4, -0.2) is 31.5 Å². The quantitative estimate of drug-likeness (QED) is 0.597. The maximum atomic E-state index is 12.5. The molecule has 0 radical (unpaired) electrons. The lowest BCUT2D eigenvalue weighted by atomic mass is 9.49. The minimum absolute atomic E-state index is 0.116. The number of rotatable bonds is 8. The van der Waals surface area contributed by atoms with Gasteiger partial charge in [-0.3, -0.25) is 9.59 Å². The summed E-state index contributed by atoms with van der Waals surface area (Å²) in [6, 6.07) is 4.85. The zero-order chi connectivity index (χ0) is 20.4. The summed E-state index contributed by atoms with van der Waals surface area (Å²) in [6.07, 6.45) is 8.49. The summed E-state index contributed by atoms with van der Waals surface area (Å²) in [7, 11) is 0. The van der Waals surface area contributed by atoms with Crippen LogP contribution in [-0.2, 0) is 9.59 Å². The molecule has 5 rings (SSSR count). The van der Waals surface area contributed by atoms with E-state index in [9.17, 15) is 9.59 Å². The first-order valence-electron chi connectivity index (χ1n) is 10.5. The van der Waals surface area contributed by atoms with E-state index in [0.717, 1.165) is 17.8 Å². The molecular weight excluding hydrogens is 411 g/mol. The second-order valence-corrected chi connectivity index (χ2v) is 10.0. The summed E-state index contributed by atoms with van der Waals surface area (Å²) >= 11 is 11.8. The molecule has 0 heterocycles. The lowest BCUT2D eigenvalue weighted by Crippen LogP contribution is -2.48. The van der Waals surface area contributed by atoms with Crippen molar-refractivity contribution in [2.24, 2.45) is 23.2 Å². The molecule has 0 unspecified atom stereocenters. The maximum absolute atomic E-state index is 12.5. The average molecular weight is 439 g/mol. The molecule has 7 heteroatoms. The molecule has 4 fully saturated rings. The fraction of sp³-hybridized carbons (Fsp3) is 0.636. The predicted octanol–water partition coefficient (Wildman–Crippen LogP) is 4.21. The monoisotopic (exact) mass is 438 g/mol. The third kappa shape index (κ3) is 5.18. The van der Waals surface area contributed by atoms with Gasteiger partial charge in [0.2, 0.25) is 5.91 Å². The minimum Gasteiger partial charge on any atom is -0.482 e. The highest BCUT2D eigenvalue weighted by atomic mass is 35.5. The van der Waals surface area contributed by atoms with Gasteiger partial charge in [0.05, 0.1) is 5.02 Å². The van der Waals surface area contributed by atoms with Gasteiger partial charge in [-0.05, 0) is 79.9 Å². The van der Waals surface area contributed by atoms with E-state index >= 15 is 0 Å². The van der Waals surface area contributed by atoms with Crippen molar-refractivity contribution in [1.29, 1.82) is 0 Å². The Morgan fingerprint density at radius 3 is 2.14 bits per heavy atom. The Labute approximate surface area is 181 Å². The van der Waals surface area contributed by atoms with Crippen molar-refractivity contribution >= 4 is 35.0 Å². The number of benzene rings is 1. The van der Waals surface area contributed by atoms with Gasteiger partial charge in [-0.2, -0.15) is 0 Å². The summed E-state index contributed by atoms with van der Waals surface area (Å²) in [5.74, 6) is 2.82. The van der Waals surface area contributed by atoms with Crippen LogP contribution in [0.5, 0.6) is 5.75 Å². The number of ether oxygens (including phenoxy) is 1. The molecule has 158 valence electrons. The van der Waals surface area contributed by atoms with Crippen LogP contribution in [0.2, 0.25) is 10.0 Å². The average Bonchev–Trinajstić information content (AvgIpc) is 2.63. The molecule has 1 aromatic rings. The standard InChI is InChI=1S/C22H28Cl2N2O3/c23-17-1-2-19(18(24)8-17)29-13-21(28)26-4-3-25-20(27)12-22-9-14-5-15(10-22)7-16(6-14)11-22/h1-2,8,14-16H,3-7,9-13H2,(H,25,27)(H,26,28). The highest BCUT2D eigenvalue weighted by Gasteiger charge is 2.51. The van der Waals surface area contributed by atoms with Crippen LogP contribution in [0.25, 0.3) is 0 Å². The highest BCUT2D eigenvalue weighted by Crippen LogP contribution is 2.61. The Kier molecular flexibility index (Phi) is 6.26. The van der Waals surface area contributed by atoms with E-state index in [1.807, 2.05) is 0 Å². The Hall–Kier alpha value is -1.46. The van der Waals surface area contributed by atoms with Gasteiger partial charge in [-0.1, -0.05) is 23.2 Å². The van der Waals surface area contributed by atoms with Gasteiger partial charge in [-0.25, -0.2) is 0 Å². The predicted molar refractivity (Wildman–Crippen MR) is 113 cm³/mol. The highest BCUT2D eigenvalue weighted by molar-refractivity contribution is 6.35. The molecule has 0 aromatic heterocycles. The van der Waals surface area contributed by atoms with Crippen molar-refractivity contribution in [3.63, 3.8) is 0 Å². The van der Waals surface area contributed by atoms with Crippen molar-refractivity contribution in [2.75, 3.05) is 19.7 Å². The molecule has 4 saturated carbocycles. The van der Waals surface area contributed by atoms with Gasteiger partial charge < -0.3 is 15.4 Å². The number of amides is 2. The first-order chi connectivity index (χ1) is 13.9. The van der Waals surface area contributed by atoms with Gasteiger partial charge in [0.15, 0.2) is 6.61 Å². The first-order valence-corrected chi connectivity index (χ1v) is 11.3. The van der Waals surface area contributed by atoms with Crippen LogP contribution in [0.15, 0.2) is 18.2 Å². The lowest BCUT2D eigenvalue weighted by Gasteiger charge is -2.56. The Morgan fingerprint density at radius 2 is 1.55 bits per heavy atom. The van der Waals surface area contributed by atoms with Crippen LogP contribution in [0, 0.1) is 23.2 Å². The number of nitrogens with one attached hydrogen (secondary N) is 2. The van der Waals surface area contributed by atoms with Crippen LogP contribution >= 0.6 is 23.2 Å². The number of halogens is 2. The second-order valence-electron chi connectivity index (χ2n) is 9.16. The fourth-order valence-electron chi connectivity index (χ4n) is 6.10. The van der Waals surface area contributed by atoms with Gasteiger partial charge in [-0.15, -0.1) is 0 Å². The van der Waals surface area contributed by atoms with E-state index in [0.29, 0.717) is 35.3 Å². The molecule has 2 N–H and O–H groups in total. The second kappa shape index (κ2) is 8.73. The maximum Gasteiger partial charge on any atom is 0.258 e. The van der Waals surface area contributed by atoms with E-state index in [2.05, 4.69) is 10.6 Å².